The Morgan fingerprint density at radius 1 is 1.19 bits per heavy atom. The first-order valence-electron chi connectivity index (χ1n) is 11.7. The predicted molar refractivity (Wildman–Crippen MR) is 142 cm³/mol. The summed E-state index contributed by atoms with van der Waals surface area (Å²) in [5.74, 6) is 0.0793. The van der Waals surface area contributed by atoms with Crippen LogP contribution in [0, 0.1) is 6.92 Å². The Hall–Kier alpha value is -2.91. The first-order valence-corrected chi connectivity index (χ1v) is 12.5. The molecule has 2 aromatic carbocycles. The highest BCUT2D eigenvalue weighted by Crippen LogP contribution is 2.31. The molecule has 2 N–H and O–H groups in total. The number of nitrogens with two attached hydrogens (primary N) is 1. The highest BCUT2D eigenvalue weighted by atomic mass is 35.5. The second-order valence-electron chi connectivity index (χ2n) is 8.46. The van der Waals surface area contributed by atoms with Gasteiger partial charge in [0.2, 0.25) is 0 Å². The number of carbonyl (C=O) groups is 1. The molecule has 2 aromatic heterocycles. The lowest BCUT2D eigenvalue weighted by Crippen LogP contribution is -3.00. The van der Waals surface area contributed by atoms with Crippen LogP contribution in [0.5, 0.6) is 0 Å². The summed E-state index contributed by atoms with van der Waals surface area (Å²) >= 11 is 12.6. The predicted octanol–water partition coefficient (Wildman–Crippen LogP) is 2.11. The molecule has 0 saturated carbocycles. The van der Waals surface area contributed by atoms with Crippen molar-refractivity contribution in [2.75, 3.05) is 13.1 Å². The van der Waals surface area contributed by atoms with E-state index in [1.165, 1.54) is 0 Å². The van der Waals surface area contributed by atoms with Gasteiger partial charge in [0.05, 0.1) is 33.9 Å². The molecule has 196 valence electrons. The van der Waals surface area contributed by atoms with E-state index < -0.39 is 6.04 Å². The highest BCUT2D eigenvalue weighted by molar-refractivity contribution is 6.43. The third-order valence-corrected chi connectivity index (χ3v) is 6.91. The minimum Gasteiger partial charge on any atom is -1.00 e. The van der Waals surface area contributed by atoms with E-state index in [0.29, 0.717) is 42.8 Å². The Labute approximate surface area is 232 Å². The molecule has 4 rings (SSSR count). The summed E-state index contributed by atoms with van der Waals surface area (Å²) in [6.45, 7) is 4.63. The fourth-order valence-electron chi connectivity index (χ4n) is 4.28. The topological polar surface area (TPSA) is 107 Å². The van der Waals surface area contributed by atoms with Gasteiger partial charge in [-0.1, -0.05) is 71.7 Å². The fraction of sp³-hybridized carbons (Fsp3) is 0.308. The zero-order valence-electron chi connectivity index (χ0n) is 21.5. The summed E-state index contributed by atoms with van der Waals surface area (Å²) in [5, 5.41) is 4.73. The van der Waals surface area contributed by atoms with Crippen LogP contribution in [0.15, 0.2) is 57.8 Å². The molecule has 1 unspecified atom stereocenters. The van der Waals surface area contributed by atoms with E-state index in [1.54, 1.807) is 34.6 Å². The van der Waals surface area contributed by atoms with Crippen molar-refractivity contribution in [3.63, 3.8) is 0 Å². The molecule has 0 saturated heterocycles. The molecule has 11 heteroatoms. The van der Waals surface area contributed by atoms with E-state index >= 15 is 0 Å². The van der Waals surface area contributed by atoms with Crippen LogP contribution in [0.4, 0.5) is 0 Å². The van der Waals surface area contributed by atoms with Crippen molar-refractivity contribution < 1.29 is 23.2 Å². The Bertz CT molecular complexity index is 1450. The molecule has 0 fully saturated rings. The number of amides is 1. The largest absolute Gasteiger partial charge is 1.00 e. The van der Waals surface area contributed by atoms with Gasteiger partial charge in [-0.3, -0.25) is 14.2 Å². The van der Waals surface area contributed by atoms with Crippen molar-refractivity contribution in [2.45, 2.75) is 39.3 Å². The van der Waals surface area contributed by atoms with Gasteiger partial charge in [0.15, 0.2) is 0 Å². The molecule has 37 heavy (non-hydrogen) atoms. The van der Waals surface area contributed by atoms with Crippen LogP contribution in [0.2, 0.25) is 10.0 Å². The van der Waals surface area contributed by atoms with E-state index in [-0.39, 0.29) is 53.2 Å². The number of halogens is 3. The molecule has 0 radical (unpaired) electrons. The quantitative estimate of drug-likeness (QED) is 0.334. The minimum atomic E-state index is -0.565. The summed E-state index contributed by atoms with van der Waals surface area (Å²) in [5.41, 5.74) is 7.33. The Morgan fingerprint density at radius 2 is 1.92 bits per heavy atom. The number of aromatic nitrogens is 3. The highest BCUT2D eigenvalue weighted by Gasteiger charge is 2.31. The van der Waals surface area contributed by atoms with Gasteiger partial charge in [0.1, 0.15) is 11.2 Å². The molecule has 2 heterocycles. The van der Waals surface area contributed by atoms with Crippen LogP contribution in [-0.2, 0) is 6.54 Å². The molecule has 1 atom stereocenters. The fourth-order valence-corrected chi connectivity index (χ4v) is 4.66. The van der Waals surface area contributed by atoms with Crippen molar-refractivity contribution in [3.05, 3.63) is 91.6 Å². The SMILES string of the molecule is CCC(c1nc2onc(C)c2c(=O)n1Cc1ccccc1)N(CCCN)C(=O)c1cccc(Cl)c1Cl.[Cl-].[H+]. The van der Waals surface area contributed by atoms with Gasteiger partial charge in [0.25, 0.3) is 17.2 Å². The molecule has 0 aliphatic carbocycles. The van der Waals surface area contributed by atoms with E-state index in [0.717, 1.165) is 5.56 Å². The lowest BCUT2D eigenvalue weighted by atomic mass is 10.1. The number of hydrogen-bond donors (Lipinski definition) is 1. The molecular weight excluding hydrogens is 537 g/mol. The first-order chi connectivity index (χ1) is 17.4. The minimum absolute atomic E-state index is 0. The van der Waals surface area contributed by atoms with Crippen LogP contribution in [0.25, 0.3) is 11.1 Å². The zero-order valence-corrected chi connectivity index (χ0v) is 22.7. The second kappa shape index (κ2) is 12.6. The monoisotopic (exact) mass is 563 g/mol. The average Bonchev–Trinajstić information content (AvgIpc) is 3.26. The maximum Gasteiger partial charge on any atom is 1.00 e. The first kappa shape index (κ1) is 28.7. The number of aryl methyl sites for hydroxylation is 1. The van der Waals surface area contributed by atoms with Gasteiger partial charge < -0.3 is 27.6 Å². The summed E-state index contributed by atoms with van der Waals surface area (Å²) in [4.78, 5) is 33.9. The van der Waals surface area contributed by atoms with Crippen LogP contribution in [0.3, 0.4) is 0 Å². The summed E-state index contributed by atoms with van der Waals surface area (Å²) < 4.78 is 6.97. The zero-order chi connectivity index (χ0) is 25.8. The third kappa shape index (κ3) is 5.83. The number of benzene rings is 2. The van der Waals surface area contributed by atoms with E-state index in [4.69, 9.17) is 38.4 Å². The van der Waals surface area contributed by atoms with Gasteiger partial charge in [-0.2, -0.15) is 4.98 Å². The van der Waals surface area contributed by atoms with Crippen molar-refractivity contribution >= 4 is 40.2 Å². The van der Waals surface area contributed by atoms with Gasteiger partial charge in [-0.15, -0.1) is 0 Å². The summed E-state index contributed by atoms with van der Waals surface area (Å²) in [6, 6.07) is 14.0. The number of nitrogens with zero attached hydrogens (tertiary/aromatic N) is 4. The van der Waals surface area contributed by atoms with E-state index in [9.17, 15) is 9.59 Å². The van der Waals surface area contributed by atoms with Crippen molar-refractivity contribution in [2.24, 2.45) is 5.73 Å². The van der Waals surface area contributed by atoms with E-state index in [2.05, 4.69) is 5.16 Å². The lowest BCUT2D eigenvalue weighted by Gasteiger charge is -2.32. The molecule has 4 aromatic rings. The standard InChI is InChI=1S/C26H27Cl2N5O3.ClH/c1-3-20(32(14-8-13-29)25(34)18-11-7-12-19(27)22(18)28)23-30-24-21(16(2)31-36-24)26(35)33(23)15-17-9-5-4-6-10-17;/h4-7,9-12,20H,3,8,13-15,29H2,1-2H3;1H. The van der Waals surface area contributed by atoms with Crippen LogP contribution >= 0.6 is 23.2 Å². The third-order valence-electron chi connectivity index (χ3n) is 6.09. The molecule has 8 nitrogen and oxygen atoms in total. The normalized spacial score (nSPS) is 11.8. The molecule has 1 amide bonds. The second-order valence-corrected chi connectivity index (χ2v) is 9.25. The van der Waals surface area contributed by atoms with Crippen molar-refractivity contribution in [1.29, 1.82) is 0 Å². The lowest BCUT2D eigenvalue weighted by molar-refractivity contribution is -0.0000186. The van der Waals surface area contributed by atoms with Gasteiger partial charge in [-0.25, -0.2) is 0 Å². The van der Waals surface area contributed by atoms with Gasteiger partial charge >= 0.3 is 1.43 Å². The van der Waals surface area contributed by atoms with E-state index in [1.807, 2.05) is 37.3 Å². The molecule has 0 aliphatic heterocycles. The van der Waals surface area contributed by atoms with Crippen LogP contribution < -0.4 is 23.7 Å². The number of fused-ring (bicyclic) bond motifs is 1. The number of hydrogen-bond acceptors (Lipinski definition) is 6. The van der Waals surface area contributed by atoms with Crippen molar-refractivity contribution in [1.82, 2.24) is 19.6 Å². The number of rotatable bonds is 9. The van der Waals surface area contributed by atoms with Gasteiger partial charge in [0, 0.05) is 6.54 Å². The average molecular weight is 565 g/mol. The summed E-state index contributed by atoms with van der Waals surface area (Å²) in [7, 11) is 0. The Kier molecular flexibility index (Phi) is 9.73. The van der Waals surface area contributed by atoms with Crippen molar-refractivity contribution in [3.8, 4) is 0 Å². The number of carbonyl (C=O) groups excluding carboxylic acids is 1. The Morgan fingerprint density at radius 3 is 2.59 bits per heavy atom. The molecule has 0 aliphatic rings. The maximum atomic E-state index is 13.8. The summed E-state index contributed by atoms with van der Waals surface area (Å²) in [6.07, 6.45) is 1.03. The molecular formula is C26H28Cl3N5O3. The van der Waals surface area contributed by atoms with Crippen LogP contribution in [-0.4, -0.2) is 38.6 Å². The Balaban J connectivity index is 0.00000253. The molecule has 0 bridgehead atoms. The maximum absolute atomic E-state index is 13.8. The molecule has 0 spiro atoms. The smallest absolute Gasteiger partial charge is 1.00 e. The van der Waals surface area contributed by atoms with Crippen LogP contribution in [0.1, 0.15) is 54.7 Å². The van der Waals surface area contributed by atoms with Gasteiger partial charge in [-0.05, 0) is 44.0 Å².